The van der Waals surface area contributed by atoms with Crippen molar-refractivity contribution in [3.8, 4) is 11.8 Å². The first kappa shape index (κ1) is 15.3. The van der Waals surface area contributed by atoms with Crippen molar-refractivity contribution in [2.45, 2.75) is 19.4 Å². The molecule has 0 spiro atoms. The highest BCUT2D eigenvalue weighted by atomic mass is 32.1. The summed E-state index contributed by atoms with van der Waals surface area (Å²) in [6.45, 7) is 2.04. The van der Waals surface area contributed by atoms with Crippen molar-refractivity contribution in [2.75, 3.05) is 6.61 Å². The predicted octanol–water partition coefficient (Wildman–Crippen LogP) is 2.97. The van der Waals surface area contributed by atoms with Gasteiger partial charge in [-0.2, -0.15) is 0 Å². The Morgan fingerprint density at radius 3 is 2.71 bits per heavy atom. The maximum atomic E-state index is 12.0. The molecule has 1 unspecified atom stereocenters. The van der Waals surface area contributed by atoms with E-state index in [1.807, 2.05) is 48.7 Å². The molecule has 2 rings (SSSR count). The molecule has 0 aliphatic carbocycles. The largest absolute Gasteiger partial charge is 0.395 e. The number of rotatable bonds is 4. The Labute approximate surface area is 128 Å². The monoisotopic (exact) mass is 299 g/mol. The van der Waals surface area contributed by atoms with Gasteiger partial charge in [0.2, 0.25) is 0 Å². The number of aliphatic hydroxyl groups is 1. The van der Waals surface area contributed by atoms with Gasteiger partial charge >= 0.3 is 0 Å². The minimum absolute atomic E-state index is 0.0516. The molecule has 0 aliphatic rings. The SMILES string of the molecule is CC(NC(=O)c1cccs1)c1ccc(C#CCCO)cc1. The Kier molecular flexibility index (Phi) is 5.56. The molecule has 0 fully saturated rings. The van der Waals surface area contributed by atoms with Gasteiger partial charge < -0.3 is 10.4 Å². The zero-order valence-electron chi connectivity index (χ0n) is 11.8. The van der Waals surface area contributed by atoms with Gasteiger partial charge in [-0.3, -0.25) is 4.79 Å². The van der Waals surface area contributed by atoms with Crippen LogP contribution in [-0.4, -0.2) is 17.6 Å². The number of hydrogen-bond acceptors (Lipinski definition) is 3. The predicted molar refractivity (Wildman–Crippen MR) is 85.2 cm³/mol. The quantitative estimate of drug-likeness (QED) is 0.853. The fourth-order valence-corrected chi connectivity index (χ4v) is 2.46. The van der Waals surface area contributed by atoms with Crippen molar-refractivity contribution >= 4 is 17.2 Å². The molecule has 0 saturated carbocycles. The van der Waals surface area contributed by atoms with Crippen LogP contribution in [0.2, 0.25) is 0 Å². The van der Waals surface area contributed by atoms with Gasteiger partial charge in [0, 0.05) is 12.0 Å². The first-order valence-corrected chi connectivity index (χ1v) is 7.62. The van der Waals surface area contributed by atoms with Crippen molar-refractivity contribution in [3.05, 3.63) is 57.8 Å². The van der Waals surface area contributed by atoms with E-state index in [1.165, 1.54) is 11.3 Å². The fourth-order valence-electron chi connectivity index (χ4n) is 1.83. The van der Waals surface area contributed by atoms with E-state index in [-0.39, 0.29) is 18.6 Å². The van der Waals surface area contributed by atoms with Gasteiger partial charge in [0.15, 0.2) is 0 Å². The van der Waals surface area contributed by atoms with Crippen molar-refractivity contribution in [3.63, 3.8) is 0 Å². The van der Waals surface area contributed by atoms with Crippen LogP contribution in [0.3, 0.4) is 0 Å². The van der Waals surface area contributed by atoms with E-state index in [0.717, 1.165) is 11.1 Å². The van der Waals surface area contributed by atoms with Gasteiger partial charge in [-0.05, 0) is 36.1 Å². The van der Waals surface area contributed by atoms with Gasteiger partial charge in [-0.1, -0.05) is 30.0 Å². The highest BCUT2D eigenvalue weighted by molar-refractivity contribution is 7.12. The molecule has 108 valence electrons. The lowest BCUT2D eigenvalue weighted by Crippen LogP contribution is -2.25. The topological polar surface area (TPSA) is 49.3 Å². The number of carbonyl (C=O) groups excluding carboxylic acids is 1. The molecule has 1 amide bonds. The molecule has 1 atom stereocenters. The molecule has 0 saturated heterocycles. The lowest BCUT2D eigenvalue weighted by Gasteiger charge is -2.13. The number of thiophene rings is 1. The number of benzene rings is 1. The Hall–Kier alpha value is -2.09. The standard InChI is InChI=1S/C17H17NO2S/c1-13(18-17(20)16-6-4-12-21-16)15-9-7-14(8-10-15)5-2-3-11-19/h4,6-10,12-13,19H,3,11H2,1H3,(H,18,20). The maximum absolute atomic E-state index is 12.0. The van der Waals surface area contributed by atoms with Crippen LogP contribution in [0.1, 0.15) is 40.2 Å². The molecule has 0 aliphatic heterocycles. The van der Waals surface area contributed by atoms with Gasteiger partial charge in [0.25, 0.3) is 5.91 Å². The summed E-state index contributed by atoms with van der Waals surface area (Å²) in [4.78, 5) is 12.7. The average Bonchev–Trinajstić information content (AvgIpc) is 3.02. The van der Waals surface area contributed by atoms with Crippen LogP contribution in [-0.2, 0) is 0 Å². The van der Waals surface area contributed by atoms with Gasteiger partial charge in [0.1, 0.15) is 0 Å². The third kappa shape index (κ3) is 4.45. The lowest BCUT2D eigenvalue weighted by molar-refractivity contribution is 0.0944. The minimum Gasteiger partial charge on any atom is -0.395 e. The van der Waals surface area contributed by atoms with Crippen molar-refractivity contribution in [1.29, 1.82) is 0 Å². The second-order valence-electron chi connectivity index (χ2n) is 4.57. The molecule has 0 bridgehead atoms. The number of hydrogen-bond donors (Lipinski definition) is 2. The summed E-state index contributed by atoms with van der Waals surface area (Å²) in [5.41, 5.74) is 1.94. The fraction of sp³-hybridized carbons (Fsp3) is 0.235. The molecule has 0 radical (unpaired) electrons. The van der Waals surface area contributed by atoms with Crippen molar-refractivity contribution in [1.82, 2.24) is 5.32 Å². The van der Waals surface area contributed by atoms with Crippen LogP contribution in [0.15, 0.2) is 41.8 Å². The van der Waals surface area contributed by atoms with Crippen LogP contribution >= 0.6 is 11.3 Å². The van der Waals surface area contributed by atoms with Crippen molar-refractivity contribution in [2.24, 2.45) is 0 Å². The first-order chi connectivity index (χ1) is 10.2. The Morgan fingerprint density at radius 2 is 2.10 bits per heavy atom. The zero-order valence-corrected chi connectivity index (χ0v) is 12.6. The minimum atomic E-state index is -0.0564. The summed E-state index contributed by atoms with van der Waals surface area (Å²) in [6, 6.07) is 11.4. The number of nitrogens with one attached hydrogen (secondary N) is 1. The summed E-state index contributed by atoms with van der Waals surface area (Å²) >= 11 is 1.43. The van der Waals surface area contributed by atoms with Crippen LogP contribution in [0.4, 0.5) is 0 Å². The highest BCUT2D eigenvalue weighted by Crippen LogP contribution is 2.15. The Bertz CT molecular complexity index is 636. The first-order valence-electron chi connectivity index (χ1n) is 6.75. The van der Waals surface area contributed by atoms with Crippen LogP contribution in [0, 0.1) is 11.8 Å². The van der Waals surface area contributed by atoms with E-state index in [4.69, 9.17) is 5.11 Å². The molecule has 2 aromatic rings. The average molecular weight is 299 g/mol. The Balaban J connectivity index is 1.98. The smallest absolute Gasteiger partial charge is 0.261 e. The lowest BCUT2D eigenvalue weighted by atomic mass is 10.1. The second-order valence-corrected chi connectivity index (χ2v) is 5.52. The summed E-state index contributed by atoms with van der Waals surface area (Å²) in [5, 5.41) is 13.5. The van der Waals surface area contributed by atoms with E-state index in [2.05, 4.69) is 17.2 Å². The van der Waals surface area contributed by atoms with E-state index < -0.39 is 0 Å². The second kappa shape index (κ2) is 7.63. The van der Waals surface area contributed by atoms with E-state index in [0.29, 0.717) is 11.3 Å². The maximum Gasteiger partial charge on any atom is 0.261 e. The number of amides is 1. The number of aliphatic hydroxyl groups excluding tert-OH is 1. The van der Waals surface area contributed by atoms with Crippen LogP contribution in [0.5, 0.6) is 0 Å². The van der Waals surface area contributed by atoms with Crippen LogP contribution < -0.4 is 5.32 Å². The van der Waals surface area contributed by atoms with Crippen LogP contribution in [0.25, 0.3) is 0 Å². The summed E-state index contributed by atoms with van der Waals surface area (Å²) in [7, 11) is 0. The number of carbonyl (C=O) groups is 1. The normalized spacial score (nSPS) is 11.3. The van der Waals surface area contributed by atoms with Gasteiger partial charge in [-0.25, -0.2) is 0 Å². The molecule has 4 heteroatoms. The molecule has 1 aromatic carbocycles. The van der Waals surface area contributed by atoms with Gasteiger partial charge in [0.05, 0.1) is 17.5 Å². The van der Waals surface area contributed by atoms with E-state index >= 15 is 0 Å². The van der Waals surface area contributed by atoms with E-state index in [9.17, 15) is 4.79 Å². The molecule has 21 heavy (non-hydrogen) atoms. The zero-order chi connectivity index (χ0) is 15.1. The summed E-state index contributed by atoms with van der Waals surface area (Å²) in [5.74, 6) is 5.81. The molecule has 2 N–H and O–H groups in total. The summed E-state index contributed by atoms with van der Waals surface area (Å²) in [6.07, 6.45) is 0.481. The van der Waals surface area contributed by atoms with E-state index in [1.54, 1.807) is 0 Å². The highest BCUT2D eigenvalue weighted by Gasteiger charge is 2.11. The third-order valence-electron chi connectivity index (χ3n) is 2.97. The molecule has 3 nitrogen and oxygen atoms in total. The summed E-state index contributed by atoms with van der Waals surface area (Å²) < 4.78 is 0. The van der Waals surface area contributed by atoms with Crippen molar-refractivity contribution < 1.29 is 9.90 Å². The third-order valence-corrected chi connectivity index (χ3v) is 3.84. The molecule has 1 aromatic heterocycles. The Morgan fingerprint density at radius 1 is 1.33 bits per heavy atom. The molecular formula is C17H17NO2S. The molecular weight excluding hydrogens is 282 g/mol. The van der Waals surface area contributed by atoms with Gasteiger partial charge in [-0.15, -0.1) is 11.3 Å². The molecule has 1 heterocycles.